The molecule has 29 heavy (non-hydrogen) atoms. The van der Waals surface area contributed by atoms with E-state index < -0.39 is 12.0 Å². The highest BCUT2D eigenvalue weighted by Gasteiger charge is 2.34. The SMILES string of the molecule is COc1ccc(C(=O)Nc2c(Cl)cncc2Cl)cc1O[C@@H]1C[C@@H](O)CC(C)(C)C1. The van der Waals surface area contributed by atoms with E-state index in [1.807, 2.05) is 0 Å². The first kappa shape index (κ1) is 21.7. The van der Waals surface area contributed by atoms with Crippen LogP contribution in [0.25, 0.3) is 0 Å². The van der Waals surface area contributed by atoms with Crippen LogP contribution in [0.15, 0.2) is 30.6 Å². The highest BCUT2D eigenvalue weighted by atomic mass is 35.5. The maximum atomic E-state index is 12.7. The predicted octanol–water partition coefficient (Wildman–Crippen LogP) is 4.97. The molecular formula is C21H24Cl2N2O4. The lowest BCUT2D eigenvalue weighted by Gasteiger charge is -2.38. The monoisotopic (exact) mass is 438 g/mol. The molecule has 156 valence electrons. The number of amides is 1. The third-order valence-corrected chi connectivity index (χ3v) is 5.49. The second kappa shape index (κ2) is 8.78. The Balaban J connectivity index is 1.82. The van der Waals surface area contributed by atoms with E-state index in [2.05, 4.69) is 24.1 Å². The Labute approximate surface area is 180 Å². The van der Waals surface area contributed by atoms with E-state index >= 15 is 0 Å². The van der Waals surface area contributed by atoms with Crippen molar-refractivity contribution in [3.63, 3.8) is 0 Å². The van der Waals surface area contributed by atoms with Gasteiger partial charge in [-0.2, -0.15) is 0 Å². The Kier molecular flexibility index (Phi) is 6.56. The number of pyridine rings is 1. The van der Waals surface area contributed by atoms with Crippen molar-refractivity contribution in [1.29, 1.82) is 0 Å². The van der Waals surface area contributed by atoms with Crippen LogP contribution in [0.2, 0.25) is 10.0 Å². The van der Waals surface area contributed by atoms with Crippen LogP contribution in [0.5, 0.6) is 11.5 Å². The number of carbonyl (C=O) groups excluding carboxylic acids is 1. The molecule has 0 unspecified atom stereocenters. The highest BCUT2D eigenvalue weighted by Crippen LogP contribution is 2.39. The summed E-state index contributed by atoms with van der Waals surface area (Å²) in [6, 6.07) is 4.92. The van der Waals surface area contributed by atoms with Crippen LogP contribution >= 0.6 is 23.2 Å². The first-order valence-corrected chi connectivity index (χ1v) is 10.1. The molecule has 1 aliphatic carbocycles. The molecule has 1 heterocycles. The number of carbonyl (C=O) groups is 1. The van der Waals surface area contributed by atoms with E-state index in [1.165, 1.54) is 19.5 Å². The lowest BCUT2D eigenvalue weighted by molar-refractivity contribution is -0.00430. The van der Waals surface area contributed by atoms with Gasteiger partial charge >= 0.3 is 0 Å². The van der Waals surface area contributed by atoms with E-state index in [1.54, 1.807) is 18.2 Å². The summed E-state index contributed by atoms with van der Waals surface area (Å²) < 4.78 is 11.5. The normalized spacial score (nSPS) is 20.8. The van der Waals surface area contributed by atoms with Gasteiger partial charge in [-0.05, 0) is 36.5 Å². The Hall–Kier alpha value is -2.02. The molecule has 1 fully saturated rings. The van der Waals surface area contributed by atoms with Crippen molar-refractivity contribution >= 4 is 34.8 Å². The Morgan fingerprint density at radius 2 is 1.90 bits per heavy atom. The van der Waals surface area contributed by atoms with Crippen molar-refractivity contribution in [3.05, 3.63) is 46.2 Å². The molecule has 2 aromatic rings. The maximum Gasteiger partial charge on any atom is 0.255 e. The van der Waals surface area contributed by atoms with E-state index in [-0.39, 0.29) is 21.6 Å². The fraction of sp³-hybridized carbons (Fsp3) is 0.429. The van der Waals surface area contributed by atoms with Gasteiger partial charge in [-0.15, -0.1) is 0 Å². The predicted molar refractivity (Wildman–Crippen MR) is 113 cm³/mol. The molecule has 0 saturated heterocycles. The smallest absolute Gasteiger partial charge is 0.255 e. The van der Waals surface area contributed by atoms with Gasteiger partial charge in [-0.1, -0.05) is 37.0 Å². The number of aromatic nitrogens is 1. The number of nitrogens with zero attached hydrogens (tertiary/aromatic N) is 1. The Morgan fingerprint density at radius 3 is 2.52 bits per heavy atom. The van der Waals surface area contributed by atoms with Gasteiger partial charge in [0.05, 0.1) is 28.9 Å². The van der Waals surface area contributed by atoms with E-state index in [9.17, 15) is 9.90 Å². The average Bonchev–Trinajstić information content (AvgIpc) is 2.63. The molecule has 0 aliphatic heterocycles. The van der Waals surface area contributed by atoms with Crippen LogP contribution in [0, 0.1) is 5.41 Å². The van der Waals surface area contributed by atoms with Crippen LogP contribution < -0.4 is 14.8 Å². The standard InChI is InChI=1S/C21H24Cl2N2O4/c1-21(2)8-13(26)7-14(9-21)29-18-6-12(4-5-17(18)28-3)20(27)25-19-15(22)10-24-11-16(19)23/h4-6,10-11,13-14,26H,7-9H2,1-3H3,(H,24,25,27)/t13-,14-/m1/s1. The highest BCUT2D eigenvalue weighted by molar-refractivity contribution is 6.39. The summed E-state index contributed by atoms with van der Waals surface area (Å²) >= 11 is 12.2. The molecular weight excluding hydrogens is 415 g/mol. The van der Waals surface area contributed by atoms with Crippen molar-refractivity contribution in [2.24, 2.45) is 5.41 Å². The third kappa shape index (κ3) is 5.32. The summed E-state index contributed by atoms with van der Waals surface area (Å²) in [5.74, 6) is 0.567. The molecule has 0 spiro atoms. The zero-order chi connectivity index (χ0) is 21.2. The van der Waals surface area contributed by atoms with Gasteiger partial charge in [-0.25, -0.2) is 0 Å². The van der Waals surface area contributed by atoms with Gasteiger partial charge in [0, 0.05) is 24.4 Å². The van der Waals surface area contributed by atoms with Gasteiger partial charge in [-0.3, -0.25) is 9.78 Å². The van der Waals surface area contributed by atoms with E-state index in [4.69, 9.17) is 32.7 Å². The zero-order valence-corrected chi connectivity index (χ0v) is 18.0. The van der Waals surface area contributed by atoms with Gasteiger partial charge in [0.1, 0.15) is 6.10 Å². The van der Waals surface area contributed by atoms with Crippen LogP contribution in [0.3, 0.4) is 0 Å². The molecule has 2 N–H and O–H groups in total. The quantitative estimate of drug-likeness (QED) is 0.688. The molecule has 1 amide bonds. The molecule has 8 heteroatoms. The number of ether oxygens (including phenoxy) is 2. The second-order valence-corrected chi connectivity index (χ2v) is 8.81. The summed E-state index contributed by atoms with van der Waals surface area (Å²) in [5.41, 5.74) is 0.628. The lowest BCUT2D eigenvalue weighted by Crippen LogP contribution is -2.37. The van der Waals surface area contributed by atoms with Crippen molar-refractivity contribution in [2.45, 2.75) is 45.3 Å². The van der Waals surface area contributed by atoms with Crippen LogP contribution in [0.4, 0.5) is 5.69 Å². The fourth-order valence-electron chi connectivity index (χ4n) is 3.70. The molecule has 6 nitrogen and oxygen atoms in total. The molecule has 1 aromatic carbocycles. The van der Waals surface area contributed by atoms with Gasteiger partial charge in [0.2, 0.25) is 0 Å². The number of halogens is 2. The fourth-order valence-corrected chi connectivity index (χ4v) is 4.16. The number of aliphatic hydroxyl groups is 1. The second-order valence-electron chi connectivity index (χ2n) is 8.00. The van der Waals surface area contributed by atoms with Crippen LogP contribution in [-0.4, -0.2) is 35.3 Å². The third-order valence-electron chi connectivity index (χ3n) is 4.91. The number of methoxy groups -OCH3 is 1. The number of anilines is 1. The molecule has 2 atom stereocenters. The number of benzene rings is 1. The number of rotatable bonds is 5. The first-order chi connectivity index (χ1) is 13.7. The Morgan fingerprint density at radius 1 is 1.21 bits per heavy atom. The minimum Gasteiger partial charge on any atom is -0.493 e. The minimum absolute atomic E-state index is 0.0284. The average molecular weight is 439 g/mol. The zero-order valence-electron chi connectivity index (χ0n) is 16.5. The van der Waals surface area contributed by atoms with E-state index in [0.717, 1.165) is 12.8 Å². The lowest BCUT2D eigenvalue weighted by atomic mass is 9.75. The Bertz CT molecular complexity index is 884. The van der Waals surface area contributed by atoms with E-state index in [0.29, 0.717) is 29.2 Å². The van der Waals surface area contributed by atoms with Crippen LogP contribution in [0.1, 0.15) is 43.5 Å². The minimum atomic E-state index is -0.419. The van der Waals surface area contributed by atoms with Crippen molar-refractivity contribution in [1.82, 2.24) is 4.98 Å². The first-order valence-electron chi connectivity index (χ1n) is 9.31. The van der Waals surface area contributed by atoms with Crippen molar-refractivity contribution in [2.75, 3.05) is 12.4 Å². The molecule has 3 rings (SSSR count). The number of hydrogen-bond acceptors (Lipinski definition) is 5. The summed E-state index contributed by atoms with van der Waals surface area (Å²) in [4.78, 5) is 16.6. The van der Waals surface area contributed by atoms with Crippen molar-refractivity contribution in [3.8, 4) is 11.5 Å². The molecule has 1 saturated carbocycles. The number of nitrogens with one attached hydrogen (secondary N) is 1. The number of aliphatic hydroxyl groups excluding tert-OH is 1. The van der Waals surface area contributed by atoms with Gasteiger partial charge in [0.25, 0.3) is 5.91 Å². The molecule has 1 aliphatic rings. The summed E-state index contributed by atoms with van der Waals surface area (Å²) in [6.45, 7) is 4.21. The number of hydrogen-bond donors (Lipinski definition) is 2. The largest absolute Gasteiger partial charge is 0.493 e. The summed E-state index contributed by atoms with van der Waals surface area (Å²) in [6.07, 6.45) is 4.28. The van der Waals surface area contributed by atoms with Crippen LogP contribution in [-0.2, 0) is 0 Å². The van der Waals surface area contributed by atoms with Gasteiger partial charge < -0.3 is 19.9 Å². The summed E-state index contributed by atoms with van der Waals surface area (Å²) in [5, 5.41) is 13.4. The summed E-state index contributed by atoms with van der Waals surface area (Å²) in [7, 11) is 1.54. The molecule has 0 radical (unpaired) electrons. The molecule has 0 bridgehead atoms. The topological polar surface area (TPSA) is 80.7 Å². The maximum absolute atomic E-state index is 12.7. The van der Waals surface area contributed by atoms with Gasteiger partial charge in [0.15, 0.2) is 11.5 Å². The molecule has 1 aromatic heterocycles. The van der Waals surface area contributed by atoms with Crippen molar-refractivity contribution < 1.29 is 19.4 Å².